The van der Waals surface area contributed by atoms with E-state index in [2.05, 4.69) is 16.3 Å². The number of pyridine rings is 1. The van der Waals surface area contributed by atoms with Crippen LogP contribution in [0.25, 0.3) is 22.2 Å². The minimum absolute atomic E-state index is 0.272. The second kappa shape index (κ2) is 7.32. The maximum absolute atomic E-state index is 13.4. The van der Waals surface area contributed by atoms with Crippen LogP contribution in [0, 0.1) is 5.82 Å². The minimum Gasteiger partial charge on any atom is -0.465 e. The van der Waals surface area contributed by atoms with E-state index in [1.807, 2.05) is 6.07 Å². The number of piperazine rings is 1. The second-order valence-electron chi connectivity index (χ2n) is 6.50. The van der Waals surface area contributed by atoms with Crippen LogP contribution in [0.15, 0.2) is 48.5 Å². The number of fused-ring (bicyclic) bond motifs is 1. The highest BCUT2D eigenvalue weighted by Crippen LogP contribution is 2.33. The van der Waals surface area contributed by atoms with Crippen molar-refractivity contribution in [1.29, 1.82) is 0 Å². The van der Waals surface area contributed by atoms with E-state index in [1.54, 1.807) is 24.3 Å². The number of hydrogen-bond donors (Lipinski definition) is 1. The summed E-state index contributed by atoms with van der Waals surface area (Å²) < 4.78 is 18.2. The number of nitrogens with one attached hydrogen (secondary N) is 1. The molecule has 27 heavy (non-hydrogen) atoms. The number of halogens is 1. The Kier molecular flexibility index (Phi) is 4.73. The molecule has 138 valence electrons. The van der Waals surface area contributed by atoms with Crippen molar-refractivity contribution in [2.45, 2.75) is 0 Å². The molecule has 1 aliphatic heterocycles. The van der Waals surface area contributed by atoms with Crippen molar-refractivity contribution < 1.29 is 13.9 Å². The van der Waals surface area contributed by atoms with Crippen molar-refractivity contribution in [2.75, 3.05) is 38.2 Å². The topological polar surface area (TPSA) is 54.5 Å². The lowest BCUT2D eigenvalue weighted by Gasteiger charge is -2.31. The monoisotopic (exact) mass is 365 g/mol. The van der Waals surface area contributed by atoms with Gasteiger partial charge in [0.1, 0.15) is 5.82 Å². The number of ether oxygens (including phenoxy) is 1. The standard InChI is InChI=1S/C21H20FN3O2/c1-27-21(26)15-4-7-18-16(12-15)13-19(25-10-8-23-9-11-25)20(24-18)14-2-5-17(22)6-3-14/h2-7,12-13,23H,8-11H2,1H3. The van der Waals surface area contributed by atoms with Crippen LogP contribution in [-0.2, 0) is 4.74 Å². The first kappa shape index (κ1) is 17.4. The molecule has 2 aromatic carbocycles. The van der Waals surface area contributed by atoms with Gasteiger partial charge in [-0.25, -0.2) is 14.2 Å². The highest BCUT2D eigenvalue weighted by atomic mass is 19.1. The van der Waals surface area contributed by atoms with Crippen molar-refractivity contribution in [3.63, 3.8) is 0 Å². The zero-order valence-corrected chi connectivity index (χ0v) is 15.0. The minimum atomic E-state index is -0.372. The van der Waals surface area contributed by atoms with E-state index in [4.69, 9.17) is 9.72 Å². The van der Waals surface area contributed by atoms with Crippen molar-refractivity contribution in [2.24, 2.45) is 0 Å². The molecule has 1 saturated heterocycles. The summed E-state index contributed by atoms with van der Waals surface area (Å²) in [7, 11) is 1.37. The number of rotatable bonds is 3. The number of benzene rings is 2. The molecule has 0 radical (unpaired) electrons. The Morgan fingerprint density at radius 2 is 1.85 bits per heavy atom. The number of carbonyl (C=O) groups is 1. The number of anilines is 1. The molecule has 3 aromatic rings. The smallest absolute Gasteiger partial charge is 0.337 e. The summed E-state index contributed by atoms with van der Waals surface area (Å²) >= 11 is 0. The average Bonchev–Trinajstić information content (AvgIpc) is 2.73. The Morgan fingerprint density at radius 3 is 2.56 bits per heavy atom. The van der Waals surface area contributed by atoms with Gasteiger partial charge in [-0.2, -0.15) is 0 Å². The summed E-state index contributed by atoms with van der Waals surface area (Å²) in [4.78, 5) is 19.0. The molecular weight excluding hydrogens is 345 g/mol. The molecule has 1 fully saturated rings. The molecule has 5 nitrogen and oxygen atoms in total. The molecule has 1 aliphatic rings. The summed E-state index contributed by atoms with van der Waals surface area (Å²) in [6, 6.07) is 13.8. The predicted molar refractivity (Wildman–Crippen MR) is 104 cm³/mol. The van der Waals surface area contributed by atoms with Gasteiger partial charge in [-0.15, -0.1) is 0 Å². The summed E-state index contributed by atoms with van der Waals surface area (Å²) in [5.41, 5.74) is 3.94. The van der Waals surface area contributed by atoms with Gasteiger partial charge < -0.3 is 15.0 Å². The molecule has 1 N–H and O–H groups in total. The summed E-state index contributed by atoms with van der Waals surface area (Å²) in [6.07, 6.45) is 0. The summed E-state index contributed by atoms with van der Waals surface area (Å²) in [6.45, 7) is 3.50. The third-order valence-electron chi connectivity index (χ3n) is 4.79. The molecule has 0 bridgehead atoms. The van der Waals surface area contributed by atoms with Crippen LogP contribution in [0.4, 0.5) is 10.1 Å². The summed E-state index contributed by atoms with van der Waals surface area (Å²) in [5, 5.41) is 4.22. The highest BCUT2D eigenvalue weighted by molar-refractivity contribution is 5.96. The maximum Gasteiger partial charge on any atom is 0.337 e. The predicted octanol–water partition coefficient (Wildman–Crippen LogP) is 3.24. The number of esters is 1. The van der Waals surface area contributed by atoms with Crippen LogP contribution in [0.2, 0.25) is 0 Å². The zero-order chi connectivity index (χ0) is 18.8. The molecule has 0 atom stereocenters. The Balaban J connectivity index is 1.88. The first-order valence-corrected chi connectivity index (χ1v) is 8.90. The largest absolute Gasteiger partial charge is 0.465 e. The number of aromatic nitrogens is 1. The number of carbonyl (C=O) groups excluding carboxylic acids is 1. The summed E-state index contributed by atoms with van der Waals surface area (Å²) in [5.74, 6) is -0.644. The SMILES string of the molecule is COC(=O)c1ccc2nc(-c3ccc(F)cc3)c(N3CCNCC3)cc2c1. The lowest BCUT2D eigenvalue weighted by Crippen LogP contribution is -2.43. The van der Waals surface area contributed by atoms with Gasteiger partial charge >= 0.3 is 5.97 Å². The van der Waals surface area contributed by atoms with Gasteiger partial charge in [-0.05, 0) is 48.5 Å². The van der Waals surface area contributed by atoms with E-state index >= 15 is 0 Å². The van der Waals surface area contributed by atoms with Crippen molar-refractivity contribution in [1.82, 2.24) is 10.3 Å². The lowest BCUT2D eigenvalue weighted by atomic mass is 10.0. The Labute approximate surface area is 156 Å². The van der Waals surface area contributed by atoms with E-state index in [0.29, 0.717) is 5.56 Å². The van der Waals surface area contributed by atoms with Crippen LogP contribution in [0.1, 0.15) is 10.4 Å². The van der Waals surface area contributed by atoms with Crippen LogP contribution in [-0.4, -0.2) is 44.2 Å². The van der Waals surface area contributed by atoms with Crippen LogP contribution in [0.3, 0.4) is 0 Å². The third-order valence-corrected chi connectivity index (χ3v) is 4.79. The normalized spacial score (nSPS) is 14.4. The van der Waals surface area contributed by atoms with Gasteiger partial charge in [-0.1, -0.05) is 0 Å². The molecule has 0 amide bonds. The van der Waals surface area contributed by atoms with Crippen molar-refractivity contribution in [3.05, 3.63) is 59.9 Å². The zero-order valence-electron chi connectivity index (χ0n) is 15.0. The van der Waals surface area contributed by atoms with Crippen LogP contribution >= 0.6 is 0 Å². The van der Waals surface area contributed by atoms with Crippen LogP contribution < -0.4 is 10.2 Å². The third kappa shape index (κ3) is 3.48. The highest BCUT2D eigenvalue weighted by Gasteiger charge is 2.18. The van der Waals surface area contributed by atoms with E-state index in [1.165, 1.54) is 19.2 Å². The molecule has 0 spiro atoms. The fraction of sp³-hybridized carbons (Fsp3) is 0.238. The number of nitrogens with zero attached hydrogens (tertiary/aromatic N) is 2. The van der Waals surface area contributed by atoms with E-state index in [-0.39, 0.29) is 11.8 Å². The fourth-order valence-electron chi connectivity index (χ4n) is 3.38. The Hall–Kier alpha value is -2.99. The molecule has 4 rings (SSSR count). The van der Waals surface area contributed by atoms with Crippen molar-refractivity contribution in [3.8, 4) is 11.3 Å². The Morgan fingerprint density at radius 1 is 1.11 bits per heavy atom. The molecule has 2 heterocycles. The molecule has 0 unspecified atom stereocenters. The lowest BCUT2D eigenvalue weighted by molar-refractivity contribution is 0.0601. The van der Waals surface area contributed by atoms with Crippen LogP contribution in [0.5, 0.6) is 0 Å². The van der Waals surface area contributed by atoms with E-state index < -0.39 is 0 Å². The fourth-order valence-corrected chi connectivity index (χ4v) is 3.38. The molecule has 1 aromatic heterocycles. The quantitative estimate of drug-likeness (QED) is 0.722. The molecule has 0 aliphatic carbocycles. The maximum atomic E-state index is 13.4. The second-order valence-corrected chi connectivity index (χ2v) is 6.50. The first-order chi connectivity index (χ1) is 13.2. The van der Waals surface area contributed by atoms with Crippen molar-refractivity contribution >= 4 is 22.6 Å². The Bertz CT molecular complexity index is 983. The average molecular weight is 365 g/mol. The van der Waals surface area contributed by atoms with Gasteiger partial charge in [0.05, 0.1) is 29.6 Å². The first-order valence-electron chi connectivity index (χ1n) is 8.90. The van der Waals surface area contributed by atoms with Gasteiger partial charge in [-0.3, -0.25) is 0 Å². The molecule has 6 heteroatoms. The van der Waals surface area contributed by atoms with E-state index in [9.17, 15) is 9.18 Å². The molecular formula is C21H20FN3O2. The molecule has 0 saturated carbocycles. The van der Waals surface area contributed by atoms with Gasteiger partial charge in [0, 0.05) is 37.1 Å². The van der Waals surface area contributed by atoms with Gasteiger partial charge in [0.25, 0.3) is 0 Å². The number of hydrogen-bond acceptors (Lipinski definition) is 5. The van der Waals surface area contributed by atoms with E-state index in [0.717, 1.165) is 54.0 Å². The van der Waals surface area contributed by atoms with Gasteiger partial charge in [0.2, 0.25) is 0 Å². The van der Waals surface area contributed by atoms with Gasteiger partial charge in [0.15, 0.2) is 0 Å². The number of methoxy groups -OCH3 is 1.